The van der Waals surface area contributed by atoms with Crippen LogP contribution in [0.1, 0.15) is 67.6 Å². The predicted molar refractivity (Wildman–Crippen MR) is 155 cm³/mol. The number of likely N-dealkylation sites (tertiary alicyclic amines) is 1. The highest BCUT2D eigenvalue weighted by atomic mass is 19.3. The average Bonchev–Trinajstić information content (AvgIpc) is 3.44. The van der Waals surface area contributed by atoms with Gasteiger partial charge in [0.25, 0.3) is 17.4 Å². The lowest BCUT2D eigenvalue weighted by molar-refractivity contribution is -0.117. The third kappa shape index (κ3) is 9.04. The van der Waals surface area contributed by atoms with Crippen LogP contribution in [0.5, 0.6) is 0 Å². The molecular formula is C30H39F2N7O3. The van der Waals surface area contributed by atoms with E-state index in [0.29, 0.717) is 49.5 Å². The van der Waals surface area contributed by atoms with E-state index in [1.165, 1.54) is 30.5 Å². The van der Waals surface area contributed by atoms with Gasteiger partial charge in [0.2, 0.25) is 5.91 Å². The van der Waals surface area contributed by atoms with Crippen molar-refractivity contribution in [2.45, 2.75) is 71.5 Å². The number of halogens is 2. The molecule has 2 aromatic heterocycles. The quantitative estimate of drug-likeness (QED) is 0.294. The molecule has 0 unspecified atom stereocenters. The number of hydrogen-bond acceptors (Lipinski definition) is 6. The maximum absolute atomic E-state index is 13.5. The minimum absolute atomic E-state index is 0.0571. The Kier molecular flexibility index (Phi) is 10.6. The number of pyridine rings is 1. The molecule has 1 aliphatic heterocycles. The zero-order chi connectivity index (χ0) is 30.1. The molecule has 2 N–H and O–H groups in total. The third-order valence-corrected chi connectivity index (χ3v) is 7.60. The van der Waals surface area contributed by atoms with Gasteiger partial charge in [-0.1, -0.05) is 30.3 Å². The minimum atomic E-state index is -2.96. The van der Waals surface area contributed by atoms with Gasteiger partial charge in [0.15, 0.2) is 5.69 Å². The molecule has 1 fully saturated rings. The van der Waals surface area contributed by atoms with Crippen molar-refractivity contribution in [2.75, 3.05) is 25.0 Å². The lowest BCUT2D eigenvalue weighted by Crippen LogP contribution is -2.34. The first kappa shape index (κ1) is 31.0. The largest absolute Gasteiger partial charge is 0.347 e. The van der Waals surface area contributed by atoms with Crippen molar-refractivity contribution in [1.82, 2.24) is 29.8 Å². The Hall–Kier alpha value is -3.93. The molecule has 42 heavy (non-hydrogen) atoms. The number of hydrogen-bond donors (Lipinski definition) is 2. The first-order valence-electron chi connectivity index (χ1n) is 14.5. The maximum atomic E-state index is 13.5. The minimum Gasteiger partial charge on any atom is -0.347 e. The normalized spacial score (nSPS) is 14.6. The molecule has 0 aliphatic carbocycles. The number of rotatable bonds is 13. The van der Waals surface area contributed by atoms with Crippen molar-refractivity contribution in [3.8, 4) is 0 Å². The number of carbonyl (C=O) groups excluding carboxylic acids is 2. The molecule has 12 heteroatoms. The van der Waals surface area contributed by atoms with E-state index in [1.807, 2.05) is 0 Å². The lowest BCUT2D eigenvalue weighted by Gasteiger charge is -2.30. The van der Waals surface area contributed by atoms with E-state index in [4.69, 9.17) is 0 Å². The summed E-state index contributed by atoms with van der Waals surface area (Å²) in [5, 5.41) is 13.4. The molecule has 10 nitrogen and oxygen atoms in total. The number of benzene rings is 1. The number of anilines is 1. The molecule has 226 valence electrons. The van der Waals surface area contributed by atoms with Gasteiger partial charge in [-0.15, -0.1) is 5.10 Å². The number of nitrogens with zero attached hydrogens (tertiary/aromatic N) is 5. The Morgan fingerprint density at radius 2 is 1.86 bits per heavy atom. The highest BCUT2D eigenvalue weighted by molar-refractivity contribution is 5.91. The summed E-state index contributed by atoms with van der Waals surface area (Å²) in [7, 11) is 0. The number of unbranched alkanes of at least 4 members (excludes halogenated alkanes) is 1. The Labute approximate surface area is 244 Å². The van der Waals surface area contributed by atoms with Crippen LogP contribution in [0.2, 0.25) is 0 Å². The van der Waals surface area contributed by atoms with Crippen LogP contribution in [0.3, 0.4) is 0 Å². The molecule has 1 aliphatic rings. The predicted octanol–water partition coefficient (Wildman–Crippen LogP) is 4.02. The van der Waals surface area contributed by atoms with Crippen LogP contribution in [-0.4, -0.2) is 55.9 Å². The van der Waals surface area contributed by atoms with E-state index in [9.17, 15) is 23.2 Å². The van der Waals surface area contributed by atoms with Crippen LogP contribution in [0.4, 0.5) is 14.5 Å². The fourth-order valence-electron chi connectivity index (χ4n) is 5.05. The molecule has 3 heterocycles. The SMILES string of the molecule is CCN1CCC(CC(=O)Nc2ccn(CCCCn3cc(C(=O)NCc4cccc(C(C)(F)F)c4)nn3)c(=O)c2)CC1. The van der Waals surface area contributed by atoms with Crippen LogP contribution >= 0.6 is 0 Å². The molecule has 0 atom stereocenters. The number of nitrogens with one attached hydrogen (secondary N) is 2. The molecular weight excluding hydrogens is 544 g/mol. The zero-order valence-corrected chi connectivity index (χ0v) is 24.2. The topological polar surface area (TPSA) is 114 Å². The first-order valence-corrected chi connectivity index (χ1v) is 14.5. The lowest BCUT2D eigenvalue weighted by atomic mass is 9.93. The van der Waals surface area contributed by atoms with Crippen LogP contribution in [-0.2, 0) is 30.4 Å². The summed E-state index contributed by atoms with van der Waals surface area (Å²) in [6.45, 7) is 7.18. The van der Waals surface area contributed by atoms with E-state index in [1.54, 1.807) is 27.6 Å². The van der Waals surface area contributed by atoms with Crippen LogP contribution in [0.15, 0.2) is 53.6 Å². The van der Waals surface area contributed by atoms with E-state index in [-0.39, 0.29) is 29.3 Å². The van der Waals surface area contributed by atoms with Crippen molar-refractivity contribution in [3.63, 3.8) is 0 Å². The highest BCUT2D eigenvalue weighted by Crippen LogP contribution is 2.27. The van der Waals surface area contributed by atoms with Gasteiger partial charge in [0.1, 0.15) is 0 Å². The fraction of sp³-hybridized carbons (Fsp3) is 0.500. The summed E-state index contributed by atoms with van der Waals surface area (Å²) in [6, 6.07) is 9.10. The van der Waals surface area contributed by atoms with Crippen molar-refractivity contribution in [2.24, 2.45) is 5.92 Å². The van der Waals surface area contributed by atoms with E-state index >= 15 is 0 Å². The third-order valence-electron chi connectivity index (χ3n) is 7.60. The summed E-state index contributed by atoms with van der Waals surface area (Å²) < 4.78 is 30.2. The van der Waals surface area contributed by atoms with Gasteiger partial charge >= 0.3 is 0 Å². The van der Waals surface area contributed by atoms with Crippen LogP contribution in [0, 0.1) is 5.92 Å². The maximum Gasteiger partial charge on any atom is 0.273 e. The summed E-state index contributed by atoms with van der Waals surface area (Å²) in [6.07, 6.45) is 7.12. The number of amides is 2. The number of aryl methyl sites for hydroxylation is 2. The molecule has 2 amide bonds. The Morgan fingerprint density at radius 1 is 1.10 bits per heavy atom. The van der Waals surface area contributed by atoms with Crippen LogP contribution in [0.25, 0.3) is 0 Å². The molecule has 3 aromatic rings. The summed E-state index contributed by atoms with van der Waals surface area (Å²) in [4.78, 5) is 39.9. The van der Waals surface area contributed by atoms with Gasteiger partial charge < -0.3 is 20.1 Å². The van der Waals surface area contributed by atoms with Gasteiger partial charge in [-0.3, -0.25) is 19.1 Å². The van der Waals surface area contributed by atoms with Crippen molar-refractivity contribution in [1.29, 1.82) is 0 Å². The second-order valence-electron chi connectivity index (χ2n) is 10.9. The molecule has 0 radical (unpaired) electrons. The van der Waals surface area contributed by atoms with E-state index in [2.05, 4.69) is 32.8 Å². The van der Waals surface area contributed by atoms with E-state index < -0.39 is 11.8 Å². The van der Waals surface area contributed by atoms with Crippen molar-refractivity contribution >= 4 is 17.5 Å². The number of alkyl halides is 2. The average molecular weight is 584 g/mol. The number of carbonyl (C=O) groups is 2. The van der Waals surface area contributed by atoms with Gasteiger partial charge in [0, 0.05) is 56.5 Å². The second kappa shape index (κ2) is 14.3. The van der Waals surface area contributed by atoms with Gasteiger partial charge in [-0.25, -0.2) is 8.78 Å². The van der Waals surface area contributed by atoms with Gasteiger partial charge in [-0.05, 0) is 68.9 Å². The zero-order valence-electron chi connectivity index (χ0n) is 24.2. The van der Waals surface area contributed by atoms with E-state index in [0.717, 1.165) is 39.4 Å². The fourth-order valence-corrected chi connectivity index (χ4v) is 5.05. The summed E-state index contributed by atoms with van der Waals surface area (Å²) >= 11 is 0. The highest BCUT2D eigenvalue weighted by Gasteiger charge is 2.24. The molecule has 4 rings (SSSR count). The Bertz CT molecular complexity index is 1410. The van der Waals surface area contributed by atoms with Crippen molar-refractivity contribution in [3.05, 3.63) is 76.0 Å². The second-order valence-corrected chi connectivity index (χ2v) is 10.9. The Balaban J connectivity index is 1.17. The molecule has 1 saturated heterocycles. The summed E-state index contributed by atoms with van der Waals surface area (Å²) in [5.74, 6) is -3.08. The van der Waals surface area contributed by atoms with Gasteiger partial charge in [0.05, 0.1) is 6.20 Å². The molecule has 1 aromatic carbocycles. The smallest absolute Gasteiger partial charge is 0.273 e. The monoisotopic (exact) mass is 583 g/mol. The van der Waals surface area contributed by atoms with Crippen LogP contribution < -0.4 is 16.2 Å². The standard InChI is InChI=1S/C30H39F2N7O3/c1-3-37-14-9-22(10-15-37)18-27(40)34-25-11-16-38(28(41)19-25)12-4-5-13-39-21-26(35-36-39)29(42)33-20-23-7-6-8-24(17-23)30(2,31)32/h6-8,11,16-17,19,21-22H,3-5,9-10,12-15,18,20H2,1-2H3,(H,33,42)(H,34,40). The van der Waals surface area contributed by atoms with Gasteiger partial charge in [-0.2, -0.15) is 0 Å². The Morgan fingerprint density at radius 3 is 2.57 bits per heavy atom. The van der Waals surface area contributed by atoms with Crippen molar-refractivity contribution < 1.29 is 18.4 Å². The molecule has 0 spiro atoms. The number of piperidine rings is 1. The first-order chi connectivity index (χ1) is 20.1. The molecule has 0 bridgehead atoms. The molecule has 0 saturated carbocycles. The summed E-state index contributed by atoms with van der Waals surface area (Å²) in [5.41, 5.74) is 0.906. The number of aromatic nitrogens is 4.